The summed E-state index contributed by atoms with van der Waals surface area (Å²) in [6.07, 6.45) is 0. The van der Waals surface area contributed by atoms with Crippen LogP contribution >= 0.6 is 35.7 Å². The summed E-state index contributed by atoms with van der Waals surface area (Å²) >= 11 is 1.60. The number of para-hydroxylation sites is 2. The fourth-order valence-corrected chi connectivity index (χ4v) is 2.53. The van der Waals surface area contributed by atoms with Crippen molar-refractivity contribution < 1.29 is 9.13 Å². The van der Waals surface area contributed by atoms with Crippen LogP contribution in [0.5, 0.6) is 5.75 Å². The van der Waals surface area contributed by atoms with Crippen LogP contribution < -0.4 is 15.8 Å². The first kappa shape index (κ1) is 19.6. The van der Waals surface area contributed by atoms with E-state index in [4.69, 9.17) is 10.5 Å². The Hall–Kier alpha value is -1.48. The Morgan fingerprint density at radius 2 is 1.91 bits per heavy atom. The average Bonchev–Trinajstić information content (AvgIpc) is 2.54. The molecule has 3 N–H and O–H groups in total. The second kappa shape index (κ2) is 10.3. The van der Waals surface area contributed by atoms with Gasteiger partial charge in [0.15, 0.2) is 5.96 Å². The molecule has 124 valence electrons. The largest absolute Gasteiger partial charge is 0.495 e. The Morgan fingerprint density at radius 3 is 2.61 bits per heavy atom. The zero-order chi connectivity index (χ0) is 15.8. The van der Waals surface area contributed by atoms with Gasteiger partial charge in [-0.2, -0.15) is 0 Å². The van der Waals surface area contributed by atoms with Crippen molar-refractivity contribution in [2.24, 2.45) is 10.7 Å². The van der Waals surface area contributed by atoms with Crippen LogP contribution in [-0.4, -0.2) is 25.4 Å². The number of guanidine groups is 1. The molecule has 0 aliphatic heterocycles. The fraction of sp³-hybridized carbons (Fsp3) is 0.188. The van der Waals surface area contributed by atoms with E-state index in [9.17, 15) is 4.39 Å². The van der Waals surface area contributed by atoms with Gasteiger partial charge in [-0.1, -0.05) is 12.1 Å². The van der Waals surface area contributed by atoms with Crippen molar-refractivity contribution in [2.45, 2.75) is 4.90 Å². The molecule has 0 aliphatic carbocycles. The van der Waals surface area contributed by atoms with Gasteiger partial charge >= 0.3 is 0 Å². The maximum absolute atomic E-state index is 12.8. The Morgan fingerprint density at radius 1 is 1.22 bits per heavy atom. The third-order valence-corrected chi connectivity index (χ3v) is 3.82. The zero-order valence-electron chi connectivity index (χ0n) is 12.7. The number of ether oxygens (including phenoxy) is 1. The number of halogens is 2. The number of nitrogens with zero attached hydrogens (tertiary/aromatic N) is 1. The molecule has 2 aromatic carbocycles. The number of benzene rings is 2. The molecule has 0 amide bonds. The molecule has 0 heterocycles. The molecule has 0 aromatic heterocycles. The predicted molar refractivity (Wildman–Crippen MR) is 106 cm³/mol. The van der Waals surface area contributed by atoms with Gasteiger partial charge in [0.05, 0.1) is 19.3 Å². The Labute approximate surface area is 156 Å². The third kappa shape index (κ3) is 6.66. The van der Waals surface area contributed by atoms with Gasteiger partial charge in [0.25, 0.3) is 0 Å². The summed E-state index contributed by atoms with van der Waals surface area (Å²) in [4.78, 5) is 5.27. The summed E-state index contributed by atoms with van der Waals surface area (Å²) < 4.78 is 18.0. The quantitative estimate of drug-likeness (QED) is 0.231. The van der Waals surface area contributed by atoms with Gasteiger partial charge in [0, 0.05) is 10.6 Å². The first-order valence-electron chi connectivity index (χ1n) is 6.77. The summed E-state index contributed by atoms with van der Waals surface area (Å²) in [5.41, 5.74) is 6.63. The van der Waals surface area contributed by atoms with Crippen molar-refractivity contribution in [1.82, 2.24) is 0 Å². The van der Waals surface area contributed by atoms with Crippen molar-refractivity contribution >= 4 is 47.4 Å². The van der Waals surface area contributed by atoms with E-state index in [1.54, 1.807) is 31.0 Å². The van der Waals surface area contributed by atoms with E-state index in [-0.39, 0.29) is 29.8 Å². The van der Waals surface area contributed by atoms with Crippen LogP contribution in [0.4, 0.5) is 10.1 Å². The van der Waals surface area contributed by atoms with E-state index in [1.807, 2.05) is 24.3 Å². The number of nitrogens with one attached hydrogen (secondary N) is 1. The molecule has 0 saturated heterocycles. The molecule has 0 fully saturated rings. The molecule has 0 unspecified atom stereocenters. The van der Waals surface area contributed by atoms with Gasteiger partial charge in [0.1, 0.15) is 11.6 Å². The molecular weight excluding hydrogens is 428 g/mol. The zero-order valence-corrected chi connectivity index (χ0v) is 15.8. The molecule has 2 rings (SSSR count). The predicted octanol–water partition coefficient (Wildman–Crippen LogP) is 3.97. The van der Waals surface area contributed by atoms with Crippen molar-refractivity contribution in [3.05, 3.63) is 54.3 Å². The van der Waals surface area contributed by atoms with Crippen molar-refractivity contribution in [3.63, 3.8) is 0 Å². The number of methoxy groups -OCH3 is 1. The number of aliphatic imine (C=N–C) groups is 1. The van der Waals surface area contributed by atoms with E-state index in [2.05, 4.69) is 10.3 Å². The Bertz CT molecular complexity index is 637. The first-order valence-corrected chi connectivity index (χ1v) is 7.76. The van der Waals surface area contributed by atoms with Crippen molar-refractivity contribution in [2.75, 3.05) is 24.7 Å². The summed E-state index contributed by atoms with van der Waals surface area (Å²) in [5.74, 6) is 1.58. The summed E-state index contributed by atoms with van der Waals surface area (Å²) in [6.45, 7) is 0.566. The van der Waals surface area contributed by atoms with Crippen molar-refractivity contribution in [1.29, 1.82) is 0 Å². The minimum atomic E-state index is -0.229. The van der Waals surface area contributed by atoms with Gasteiger partial charge in [-0.25, -0.2) is 4.39 Å². The number of nitrogens with two attached hydrogens (primary N) is 1. The second-order valence-electron chi connectivity index (χ2n) is 4.39. The molecule has 4 nitrogen and oxygen atoms in total. The summed E-state index contributed by atoms with van der Waals surface area (Å²) in [7, 11) is 1.60. The van der Waals surface area contributed by atoms with E-state index in [1.165, 1.54) is 12.1 Å². The van der Waals surface area contributed by atoms with Crippen LogP contribution in [0.1, 0.15) is 0 Å². The summed E-state index contributed by atoms with van der Waals surface area (Å²) in [5, 5.41) is 3.01. The Balaban J connectivity index is 0.00000264. The molecule has 0 spiro atoms. The minimum absolute atomic E-state index is 0. The smallest absolute Gasteiger partial charge is 0.193 e. The molecule has 23 heavy (non-hydrogen) atoms. The van der Waals surface area contributed by atoms with Gasteiger partial charge in [-0.05, 0) is 36.4 Å². The van der Waals surface area contributed by atoms with Gasteiger partial charge < -0.3 is 15.8 Å². The third-order valence-electron chi connectivity index (χ3n) is 2.83. The highest BCUT2D eigenvalue weighted by atomic mass is 127. The molecule has 0 saturated carbocycles. The lowest BCUT2D eigenvalue weighted by Gasteiger charge is -2.10. The molecule has 2 aromatic rings. The Kier molecular flexibility index (Phi) is 8.78. The fourth-order valence-electron chi connectivity index (χ4n) is 1.79. The highest BCUT2D eigenvalue weighted by Gasteiger charge is 2.02. The molecule has 0 bridgehead atoms. The topological polar surface area (TPSA) is 59.6 Å². The van der Waals surface area contributed by atoms with E-state index in [0.29, 0.717) is 18.3 Å². The summed E-state index contributed by atoms with van der Waals surface area (Å²) in [6, 6.07) is 13.9. The van der Waals surface area contributed by atoms with Gasteiger partial charge in [-0.15, -0.1) is 35.7 Å². The van der Waals surface area contributed by atoms with Crippen LogP contribution in [0.25, 0.3) is 0 Å². The average molecular weight is 447 g/mol. The van der Waals surface area contributed by atoms with Crippen LogP contribution in [-0.2, 0) is 0 Å². The molecule has 0 aliphatic rings. The lowest BCUT2D eigenvalue weighted by atomic mass is 10.3. The van der Waals surface area contributed by atoms with E-state index < -0.39 is 0 Å². The number of anilines is 1. The highest BCUT2D eigenvalue weighted by Crippen LogP contribution is 2.22. The van der Waals surface area contributed by atoms with Gasteiger partial charge in [-0.3, -0.25) is 4.99 Å². The normalized spacial score (nSPS) is 10.8. The number of hydrogen-bond acceptors (Lipinski definition) is 3. The van der Waals surface area contributed by atoms with E-state index >= 15 is 0 Å². The van der Waals surface area contributed by atoms with Crippen LogP contribution in [0, 0.1) is 5.82 Å². The molecular formula is C16H19FIN3OS. The highest BCUT2D eigenvalue weighted by molar-refractivity contribution is 14.0. The lowest BCUT2D eigenvalue weighted by molar-refractivity contribution is 0.417. The number of rotatable bonds is 6. The standard InChI is InChI=1S/C16H18FN3OS.HI/c1-21-15-5-3-2-4-14(15)20-16(18)19-10-11-22-13-8-6-12(17)7-9-13;/h2-9H,10-11H2,1H3,(H3,18,19,20);1H. The molecule has 0 atom stereocenters. The van der Waals surface area contributed by atoms with E-state index in [0.717, 1.165) is 16.3 Å². The van der Waals surface area contributed by atoms with Crippen molar-refractivity contribution in [3.8, 4) is 5.75 Å². The van der Waals surface area contributed by atoms with Crippen LogP contribution in [0.2, 0.25) is 0 Å². The maximum Gasteiger partial charge on any atom is 0.193 e. The number of hydrogen-bond donors (Lipinski definition) is 2. The second-order valence-corrected chi connectivity index (χ2v) is 5.56. The minimum Gasteiger partial charge on any atom is -0.495 e. The van der Waals surface area contributed by atoms with Crippen LogP contribution in [0.3, 0.4) is 0 Å². The molecule has 7 heteroatoms. The first-order chi connectivity index (χ1) is 10.7. The number of thioether (sulfide) groups is 1. The SMILES string of the molecule is COc1ccccc1NC(N)=NCCSc1ccc(F)cc1.I. The monoisotopic (exact) mass is 447 g/mol. The molecule has 0 radical (unpaired) electrons. The van der Waals surface area contributed by atoms with Gasteiger partial charge in [0.2, 0.25) is 0 Å². The lowest BCUT2D eigenvalue weighted by Crippen LogP contribution is -2.23. The van der Waals surface area contributed by atoms with Crippen LogP contribution in [0.15, 0.2) is 58.4 Å². The maximum atomic E-state index is 12.8.